The van der Waals surface area contributed by atoms with Crippen LogP contribution >= 0.6 is 0 Å². The summed E-state index contributed by atoms with van der Waals surface area (Å²) in [6.45, 7) is 0. The number of amidine groups is 1. The molecule has 0 unspecified atom stereocenters. The Morgan fingerprint density at radius 3 is 2.42 bits per heavy atom. The molecule has 0 radical (unpaired) electrons. The number of hydrogen-bond donors (Lipinski definition) is 1. The molecule has 0 bridgehead atoms. The molecule has 6 heteroatoms. The van der Waals surface area contributed by atoms with E-state index in [-0.39, 0.29) is 17.4 Å². The normalized spacial score (nSPS) is 18.0. The quantitative estimate of drug-likeness (QED) is 0.493. The Balaban J connectivity index is 2.30. The van der Waals surface area contributed by atoms with Gasteiger partial charge >= 0.3 is 6.18 Å². The van der Waals surface area contributed by atoms with Gasteiger partial charge in [-0.2, -0.15) is 13.2 Å². The van der Waals surface area contributed by atoms with Crippen molar-refractivity contribution >= 4 is 11.5 Å². The summed E-state index contributed by atoms with van der Waals surface area (Å²) in [5.74, 6) is -0.529. The van der Waals surface area contributed by atoms with Crippen molar-refractivity contribution in [1.29, 1.82) is 0 Å². The zero-order valence-corrected chi connectivity index (χ0v) is 10.2. The van der Waals surface area contributed by atoms with Crippen LogP contribution in [0.4, 0.5) is 23.2 Å². The molecule has 1 aliphatic carbocycles. The second-order valence-electron chi connectivity index (χ2n) is 4.68. The molecule has 2 N–H and O–H groups in total. The van der Waals surface area contributed by atoms with E-state index in [1.165, 1.54) is 0 Å². The molecule has 1 aromatic rings. The molecule has 0 aromatic heterocycles. The van der Waals surface area contributed by atoms with E-state index in [0.717, 1.165) is 31.7 Å². The summed E-state index contributed by atoms with van der Waals surface area (Å²) in [4.78, 5) is 3.83. The van der Waals surface area contributed by atoms with Gasteiger partial charge in [0, 0.05) is 5.92 Å². The first kappa shape index (κ1) is 13.8. The van der Waals surface area contributed by atoms with Gasteiger partial charge < -0.3 is 5.73 Å². The summed E-state index contributed by atoms with van der Waals surface area (Å²) >= 11 is 0. The van der Waals surface area contributed by atoms with Crippen LogP contribution in [0.3, 0.4) is 0 Å². The van der Waals surface area contributed by atoms with Crippen molar-refractivity contribution in [3.05, 3.63) is 29.6 Å². The number of hydrogen-bond acceptors (Lipinski definition) is 1. The standard InChI is InChI=1S/C13H14F4N2/c14-10-6-5-9(13(15,16)17)7-11(10)19-12(18)8-3-1-2-4-8/h5-8H,1-4H2,(H2,18,19). The van der Waals surface area contributed by atoms with E-state index in [0.29, 0.717) is 12.1 Å². The molecule has 0 aliphatic heterocycles. The number of benzene rings is 1. The van der Waals surface area contributed by atoms with Crippen molar-refractivity contribution in [3.8, 4) is 0 Å². The fraction of sp³-hybridized carbons (Fsp3) is 0.462. The molecule has 2 nitrogen and oxygen atoms in total. The highest BCUT2D eigenvalue weighted by Crippen LogP contribution is 2.33. The molecule has 0 heterocycles. The van der Waals surface area contributed by atoms with Crippen LogP contribution in [0.1, 0.15) is 31.2 Å². The maximum absolute atomic E-state index is 13.5. The first-order valence-electron chi connectivity index (χ1n) is 6.09. The molecule has 104 valence electrons. The number of aliphatic imine (C=N–C) groups is 1. The maximum Gasteiger partial charge on any atom is 0.416 e. The van der Waals surface area contributed by atoms with Crippen LogP contribution in [0.5, 0.6) is 0 Å². The molecule has 1 aliphatic rings. The molecule has 1 fully saturated rings. The van der Waals surface area contributed by atoms with Gasteiger partial charge in [0.15, 0.2) is 0 Å². The summed E-state index contributed by atoms with van der Waals surface area (Å²) < 4.78 is 51.1. The third-order valence-corrected chi connectivity index (χ3v) is 3.30. The van der Waals surface area contributed by atoms with E-state index in [9.17, 15) is 17.6 Å². The summed E-state index contributed by atoms with van der Waals surface area (Å²) in [5, 5.41) is 0. The number of alkyl halides is 3. The number of halogens is 4. The van der Waals surface area contributed by atoms with Crippen LogP contribution in [0.25, 0.3) is 0 Å². The first-order chi connectivity index (χ1) is 8.88. The Morgan fingerprint density at radius 1 is 1.21 bits per heavy atom. The predicted molar refractivity (Wildman–Crippen MR) is 64.6 cm³/mol. The van der Waals surface area contributed by atoms with Crippen LogP contribution < -0.4 is 5.73 Å². The van der Waals surface area contributed by atoms with Crippen molar-refractivity contribution in [1.82, 2.24) is 0 Å². The molecule has 0 spiro atoms. The zero-order valence-electron chi connectivity index (χ0n) is 10.2. The highest BCUT2D eigenvalue weighted by molar-refractivity contribution is 5.85. The van der Waals surface area contributed by atoms with Gasteiger partial charge in [-0.15, -0.1) is 0 Å². The van der Waals surface area contributed by atoms with Gasteiger partial charge in [0.05, 0.1) is 5.56 Å². The van der Waals surface area contributed by atoms with Gasteiger partial charge in [0.1, 0.15) is 17.3 Å². The fourth-order valence-corrected chi connectivity index (χ4v) is 2.23. The maximum atomic E-state index is 13.5. The first-order valence-corrected chi connectivity index (χ1v) is 6.09. The Labute approximate surface area is 108 Å². The monoisotopic (exact) mass is 274 g/mol. The number of nitrogens with two attached hydrogens (primary N) is 1. The lowest BCUT2D eigenvalue weighted by atomic mass is 10.1. The summed E-state index contributed by atoms with van der Waals surface area (Å²) in [7, 11) is 0. The lowest BCUT2D eigenvalue weighted by Crippen LogP contribution is -2.21. The average molecular weight is 274 g/mol. The van der Waals surface area contributed by atoms with E-state index in [1.807, 2.05) is 0 Å². The molecule has 2 rings (SSSR count). The summed E-state index contributed by atoms with van der Waals surface area (Å²) in [5.41, 5.74) is 4.47. The van der Waals surface area contributed by atoms with E-state index in [1.54, 1.807) is 0 Å². The van der Waals surface area contributed by atoms with Crippen LogP contribution in [0.2, 0.25) is 0 Å². The highest BCUT2D eigenvalue weighted by atomic mass is 19.4. The van der Waals surface area contributed by atoms with Crippen LogP contribution in [0, 0.1) is 11.7 Å². The number of nitrogens with zero attached hydrogens (tertiary/aromatic N) is 1. The molecule has 19 heavy (non-hydrogen) atoms. The highest BCUT2D eigenvalue weighted by Gasteiger charge is 2.31. The number of rotatable bonds is 2. The van der Waals surface area contributed by atoms with Crippen molar-refractivity contribution in [3.63, 3.8) is 0 Å². The average Bonchev–Trinajstić information content (AvgIpc) is 2.84. The molecule has 1 aromatic carbocycles. The Kier molecular flexibility index (Phi) is 3.78. The van der Waals surface area contributed by atoms with E-state index in [2.05, 4.69) is 4.99 Å². The van der Waals surface area contributed by atoms with Gasteiger partial charge in [-0.25, -0.2) is 9.38 Å². The molecule has 0 saturated heterocycles. The zero-order chi connectivity index (χ0) is 14.0. The largest absolute Gasteiger partial charge is 0.416 e. The second kappa shape index (κ2) is 5.19. The fourth-order valence-electron chi connectivity index (χ4n) is 2.23. The molecule has 0 amide bonds. The van der Waals surface area contributed by atoms with Crippen molar-refractivity contribution in [2.24, 2.45) is 16.6 Å². The minimum absolute atomic E-state index is 0.0499. The van der Waals surface area contributed by atoms with E-state index < -0.39 is 17.6 Å². The van der Waals surface area contributed by atoms with Crippen molar-refractivity contribution in [2.75, 3.05) is 0 Å². The Morgan fingerprint density at radius 2 is 1.84 bits per heavy atom. The third-order valence-electron chi connectivity index (χ3n) is 3.30. The van der Waals surface area contributed by atoms with Crippen molar-refractivity contribution in [2.45, 2.75) is 31.9 Å². The minimum atomic E-state index is -4.51. The van der Waals surface area contributed by atoms with Crippen LogP contribution in [0.15, 0.2) is 23.2 Å². The predicted octanol–water partition coefficient (Wildman–Crippen LogP) is 4.02. The van der Waals surface area contributed by atoms with E-state index >= 15 is 0 Å². The lowest BCUT2D eigenvalue weighted by molar-refractivity contribution is -0.137. The molecular formula is C13H14F4N2. The Hall–Kier alpha value is -1.59. The van der Waals surface area contributed by atoms with E-state index in [4.69, 9.17) is 5.73 Å². The SMILES string of the molecule is NC(=Nc1cc(C(F)(F)F)ccc1F)C1CCCC1. The van der Waals surface area contributed by atoms with Gasteiger partial charge in [0.2, 0.25) is 0 Å². The molecule has 0 atom stereocenters. The van der Waals surface area contributed by atoms with Gasteiger partial charge in [-0.3, -0.25) is 0 Å². The smallest absolute Gasteiger partial charge is 0.387 e. The van der Waals surface area contributed by atoms with Crippen molar-refractivity contribution < 1.29 is 17.6 Å². The van der Waals surface area contributed by atoms with Crippen LogP contribution in [-0.4, -0.2) is 5.84 Å². The van der Waals surface area contributed by atoms with Gasteiger partial charge in [0.25, 0.3) is 0 Å². The molecular weight excluding hydrogens is 260 g/mol. The van der Waals surface area contributed by atoms with Gasteiger partial charge in [-0.05, 0) is 31.0 Å². The van der Waals surface area contributed by atoms with Gasteiger partial charge in [-0.1, -0.05) is 12.8 Å². The second-order valence-corrected chi connectivity index (χ2v) is 4.68. The third kappa shape index (κ3) is 3.24. The van der Waals surface area contributed by atoms with Crippen LogP contribution in [-0.2, 0) is 6.18 Å². The lowest BCUT2D eigenvalue weighted by Gasteiger charge is -2.10. The topological polar surface area (TPSA) is 38.4 Å². The molecule has 1 saturated carbocycles. The Bertz CT molecular complexity index is 488. The minimum Gasteiger partial charge on any atom is -0.387 e. The summed E-state index contributed by atoms with van der Waals surface area (Å²) in [6.07, 6.45) is -0.760. The summed E-state index contributed by atoms with van der Waals surface area (Å²) in [6, 6.07) is 2.15.